The van der Waals surface area contributed by atoms with Crippen LogP contribution in [-0.4, -0.2) is 47.6 Å². The number of aliphatic carboxylic acids is 1. The summed E-state index contributed by atoms with van der Waals surface area (Å²) in [5.41, 5.74) is 7.16. The number of carbonyl (C=O) groups excluding carboxylic acids is 2. The van der Waals surface area contributed by atoms with Gasteiger partial charge in [0.05, 0.1) is 5.92 Å². The first-order valence-electron chi connectivity index (χ1n) is 5.18. The van der Waals surface area contributed by atoms with E-state index in [0.29, 0.717) is 19.4 Å². The third kappa shape index (κ3) is 4.27. The summed E-state index contributed by atoms with van der Waals surface area (Å²) in [6, 6.07) is -0.558. The highest BCUT2D eigenvalue weighted by atomic mass is 16.7. The molecule has 17 heavy (non-hydrogen) atoms. The smallest absolute Gasteiger partial charge is 0.341 e. The molecule has 0 saturated carbocycles. The number of piperidine rings is 1. The molecule has 1 aliphatic heterocycles. The van der Waals surface area contributed by atoms with Crippen molar-refractivity contribution in [1.29, 1.82) is 0 Å². The summed E-state index contributed by atoms with van der Waals surface area (Å²) < 4.78 is 0. The Balaban J connectivity index is 2.35. The van der Waals surface area contributed by atoms with Crippen molar-refractivity contribution in [2.45, 2.75) is 12.8 Å². The zero-order valence-electron chi connectivity index (χ0n) is 9.22. The van der Waals surface area contributed by atoms with Crippen LogP contribution in [0.4, 0.5) is 4.79 Å². The molecule has 1 saturated heterocycles. The van der Waals surface area contributed by atoms with Crippen molar-refractivity contribution in [3.05, 3.63) is 0 Å². The minimum Gasteiger partial charge on any atom is -0.479 e. The van der Waals surface area contributed by atoms with E-state index in [1.165, 1.54) is 4.90 Å². The summed E-state index contributed by atoms with van der Waals surface area (Å²) >= 11 is 0. The molecule has 0 radical (unpaired) electrons. The number of nitrogens with two attached hydrogens (primary N) is 1. The molecule has 3 amide bonds. The number of likely N-dealkylation sites (tertiary alicyclic amines) is 1. The number of primary amides is 1. The number of nitrogens with zero attached hydrogens (tertiary/aromatic N) is 1. The summed E-state index contributed by atoms with van der Waals surface area (Å²) in [5, 5.41) is 8.30. The molecule has 0 aliphatic carbocycles. The van der Waals surface area contributed by atoms with Gasteiger partial charge in [0.25, 0.3) is 0 Å². The highest BCUT2D eigenvalue weighted by Crippen LogP contribution is 2.15. The van der Waals surface area contributed by atoms with Crippen molar-refractivity contribution in [1.82, 2.24) is 10.4 Å². The Hall–Kier alpha value is -1.83. The Morgan fingerprint density at radius 3 is 2.76 bits per heavy atom. The first kappa shape index (κ1) is 13.2. The number of carboxylic acids is 1. The Morgan fingerprint density at radius 2 is 2.18 bits per heavy atom. The van der Waals surface area contributed by atoms with Gasteiger partial charge >= 0.3 is 12.0 Å². The number of urea groups is 1. The van der Waals surface area contributed by atoms with E-state index in [1.54, 1.807) is 0 Å². The summed E-state index contributed by atoms with van der Waals surface area (Å²) in [5.74, 6) is -1.97. The number of hydrogen-bond donors (Lipinski definition) is 3. The van der Waals surface area contributed by atoms with E-state index in [9.17, 15) is 14.4 Å². The first-order chi connectivity index (χ1) is 8.00. The van der Waals surface area contributed by atoms with E-state index >= 15 is 0 Å². The Labute approximate surface area is 97.6 Å². The lowest BCUT2D eigenvalue weighted by atomic mass is 9.98. The maximum atomic E-state index is 11.5. The van der Waals surface area contributed by atoms with Gasteiger partial charge in [0.15, 0.2) is 6.61 Å². The third-order valence-electron chi connectivity index (χ3n) is 2.47. The van der Waals surface area contributed by atoms with Crippen LogP contribution in [0.3, 0.4) is 0 Å². The molecule has 96 valence electrons. The lowest BCUT2D eigenvalue weighted by Crippen LogP contribution is -2.48. The third-order valence-corrected chi connectivity index (χ3v) is 2.47. The summed E-state index contributed by atoms with van der Waals surface area (Å²) in [6.07, 6.45) is 1.34. The molecule has 0 aromatic carbocycles. The molecule has 8 heteroatoms. The maximum Gasteiger partial charge on any atom is 0.341 e. The molecule has 0 aromatic heterocycles. The Bertz CT molecular complexity index is 320. The van der Waals surface area contributed by atoms with Gasteiger partial charge in [0.2, 0.25) is 5.91 Å². The van der Waals surface area contributed by atoms with E-state index in [2.05, 4.69) is 4.84 Å². The van der Waals surface area contributed by atoms with Gasteiger partial charge in [-0.2, -0.15) is 0 Å². The van der Waals surface area contributed by atoms with E-state index < -0.39 is 24.5 Å². The predicted octanol–water partition coefficient (Wildman–Crippen LogP) is -1.09. The van der Waals surface area contributed by atoms with E-state index in [-0.39, 0.29) is 12.5 Å². The monoisotopic (exact) mass is 245 g/mol. The van der Waals surface area contributed by atoms with Gasteiger partial charge in [0.1, 0.15) is 0 Å². The van der Waals surface area contributed by atoms with Crippen LogP contribution in [0.1, 0.15) is 12.8 Å². The average molecular weight is 245 g/mol. The number of carboxylic acid groups (broad SMARTS) is 1. The van der Waals surface area contributed by atoms with E-state index in [0.717, 1.165) is 0 Å². The Morgan fingerprint density at radius 1 is 1.47 bits per heavy atom. The van der Waals surface area contributed by atoms with Crippen LogP contribution in [0.15, 0.2) is 0 Å². The molecular weight excluding hydrogens is 230 g/mol. The van der Waals surface area contributed by atoms with Crippen molar-refractivity contribution in [2.24, 2.45) is 11.7 Å². The van der Waals surface area contributed by atoms with Crippen LogP contribution in [0.2, 0.25) is 0 Å². The van der Waals surface area contributed by atoms with Crippen LogP contribution in [0, 0.1) is 5.92 Å². The quantitative estimate of drug-likeness (QED) is 0.543. The molecule has 1 rings (SSSR count). The lowest BCUT2D eigenvalue weighted by Gasteiger charge is -2.30. The number of carbonyl (C=O) groups is 3. The van der Waals surface area contributed by atoms with Crippen LogP contribution >= 0.6 is 0 Å². The fourth-order valence-corrected chi connectivity index (χ4v) is 1.62. The average Bonchev–Trinajstić information content (AvgIpc) is 2.28. The van der Waals surface area contributed by atoms with Crippen LogP contribution in [-0.2, 0) is 14.4 Å². The van der Waals surface area contributed by atoms with Crippen LogP contribution in [0.5, 0.6) is 0 Å². The topological polar surface area (TPSA) is 122 Å². The second-order valence-electron chi connectivity index (χ2n) is 3.78. The van der Waals surface area contributed by atoms with Crippen molar-refractivity contribution < 1.29 is 24.3 Å². The molecule has 1 atom stereocenters. The number of hydroxylamine groups is 1. The summed E-state index contributed by atoms with van der Waals surface area (Å²) in [4.78, 5) is 38.4. The predicted molar refractivity (Wildman–Crippen MR) is 55.6 cm³/mol. The Kier molecular flexibility index (Phi) is 4.70. The molecule has 1 fully saturated rings. The van der Waals surface area contributed by atoms with Gasteiger partial charge in [-0.25, -0.2) is 15.1 Å². The molecule has 0 bridgehead atoms. The van der Waals surface area contributed by atoms with Gasteiger partial charge in [-0.05, 0) is 12.8 Å². The standard InChI is InChI=1S/C9H15N3O5/c10-8(15)6-2-1-3-12(4-6)9(16)11-17-5-7(13)14/h6H,1-5H2,(H2,10,15)(H,11,16)(H,13,14). The number of rotatable bonds is 4. The first-order valence-corrected chi connectivity index (χ1v) is 5.18. The number of amides is 3. The highest BCUT2D eigenvalue weighted by Gasteiger charge is 2.27. The minimum absolute atomic E-state index is 0.234. The van der Waals surface area contributed by atoms with Gasteiger partial charge in [-0.1, -0.05) is 0 Å². The molecule has 8 nitrogen and oxygen atoms in total. The summed E-state index contributed by atoms with van der Waals surface area (Å²) in [7, 11) is 0. The minimum atomic E-state index is -1.18. The van der Waals surface area contributed by atoms with Gasteiger partial charge in [0, 0.05) is 13.1 Å². The highest BCUT2D eigenvalue weighted by molar-refractivity contribution is 5.79. The molecule has 0 spiro atoms. The second kappa shape index (κ2) is 6.04. The van der Waals surface area contributed by atoms with Crippen molar-refractivity contribution in [3.63, 3.8) is 0 Å². The zero-order chi connectivity index (χ0) is 12.8. The molecule has 4 N–H and O–H groups in total. The van der Waals surface area contributed by atoms with Crippen molar-refractivity contribution in [3.8, 4) is 0 Å². The second-order valence-corrected chi connectivity index (χ2v) is 3.78. The van der Waals surface area contributed by atoms with Crippen LogP contribution in [0.25, 0.3) is 0 Å². The lowest BCUT2D eigenvalue weighted by molar-refractivity contribution is -0.144. The fraction of sp³-hybridized carbons (Fsp3) is 0.667. The molecule has 0 aromatic rings. The normalized spacial score (nSPS) is 19.8. The fourth-order valence-electron chi connectivity index (χ4n) is 1.62. The molecule has 1 unspecified atom stereocenters. The van der Waals surface area contributed by atoms with Gasteiger partial charge in [-0.15, -0.1) is 0 Å². The van der Waals surface area contributed by atoms with E-state index in [1.807, 2.05) is 5.48 Å². The van der Waals surface area contributed by atoms with Crippen LogP contribution < -0.4 is 11.2 Å². The molecule has 1 heterocycles. The largest absolute Gasteiger partial charge is 0.479 e. The molecular formula is C9H15N3O5. The van der Waals surface area contributed by atoms with Gasteiger partial charge < -0.3 is 15.7 Å². The zero-order valence-corrected chi connectivity index (χ0v) is 9.22. The maximum absolute atomic E-state index is 11.5. The number of nitrogens with one attached hydrogen (secondary N) is 1. The number of hydrogen-bond acceptors (Lipinski definition) is 4. The molecule has 1 aliphatic rings. The van der Waals surface area contributed by atoms with Gasteiger partial charge in [-0.3, -0.25) is 9.63 Å². The summed E-state index contributed by atoms with van der Waals surface area (Å²) in [6.45, 7) is 0.114. The SMILES string of the molecule is NC(=O)C1CCCN(C(=O)NOCC(=O)O)C1. The van der Waals surface area contributed by atoms with Crippen molar-refractivity contribution in [2.75, 3.05) is 19.7 Å². The van der Waals surface area contributed by atoms with E-state index in [4.69, 9.17) is 10.8 Å². The van der Waals surface area contributed by atoms with Crippen molar-refractivity contribution >= 4 is 17.9 Å².